The van der Waals surface area contributed by atoms with Crippen LogP contribution in [0.4, 0.5) is 5.82 Å². The Balaban J connectivity index is 1.33. The summed E-state index contributed by atoms with van der Waals surface area (Å²) in [6.45, 7) is 4.55. The number of anilines is 1. The minimum atomic E-state index is -0.559. The highest BCUT2D eigenvalue weighted by atomic mass is 16.5. The molecule has 1 amide bonds. The molecule has 4 aromatic rings. The van der Waals surface area contributed by atoms with Crippen LogP contribution in [0.5, 0.6) is 11.5 Å². The fourth-order valence-electron chi connectivity index (χ4n) is 5.58. The number of benzene rings is 2. The minimum Gasteiger partial charge on any atom is -0.457 e. The predicted molar refractivity (Wildman–Crippen MR) is 139 cm³/mol. The van der Waals surface area contributed by atoms with E-state index < -0.39 is 5.41 Å². The number of fused-ring (bicyclic) bond motifs is 1. The number of hydrogen-bond acceptors (Lipinski definition) is 7. The van der Waals surface area contributed by atoms with Crippen molar-refractivity contribution in [2.24, 2.45) is 5.41 Å². The summed E-state index contributed by atoms with van der Waals surface area (Å²) in [5.74, 6) is 1.80. The Hall–Kier alpha value is -4.53. The second-order valence-electron chi connectivity index (χ2n) is 9.67. The number of hydrogen-bond donors (Lipinski definition) is 1. The highest BCUT2D eigenvalue weighted by Gasteiger charge is 2.52. The van der Waals surface area contributed by atoms with Crippen LogP contribution in [-0.4, -0.2) is 49.4 Å². The van der Waals surface area contributed by atoms with E-state index in [4.69, 9.17) is 15.6 Å². The number of nitrogens with two attached hydrogens (primary N) is 1. The number of amides is 1. The summed E-state index contributed by atoms with van der Waals surface area (Å²) < 4.78 is 7.74. The molecule has 2 aromatic heterocycles. The van der Waals surface area contributed by atoms with Gasteiger partial charge in [0.1, 0.15) is 35.1 Å². The summed E-state index contributed by atoms with van der Waals surface area (Å²) in [4.78, 5) is 35.8. The van der Waals surface area contributed by atoms with E-state index in [-0.39, 0.29) is 17.7 Å². The monoisotopic (exact) mass is 494 g/mol. The Kier molecular flexibility index (Phi) is 5.48. The molecule has 1 saturated heterocycles. The number of carbonyl (C=O) groups excluding carboxylic acids is 2. The van der Waals surface area contributed by atoms with Crippen LogP contribution in [0.1, 0.15) is 25.3 Å². The zero-order valence-electron chi connectivity index (χ0n) is 20.2. The van der Waals surface area contributed by atoms with Crippen molar-refractivity contribution in [3.8, 4) is 22.8 Å². The standard InChI is InChI=1S/C28H26N6O3/c1-2-23(36)33-13-12-28(16-33)15-19(14-22(28)35)34-27-24(26(29)30-17-31-27)25(32-34)18-8-10-21(11-9-18)37-20-6-4-3-5-7-20/h2-11,17,19H,1,12-16H2,(H2,29,30,31). The average molecular weight is 495 g/mol. The Labute approximate surface area is 213 Å². The van der Waals surface area contributed by atoms with Crippen LogP contribution >= 0.6 is 0 Å². The molecule has 0 bridgehead atoms. The molecule has 2 fully saturated rings. The van der Waals surface area contributed by atoms with Gasteiger partial charge in [-0.05, 0) is 55.3 Å². The summed E-state index contributed by atoms with van der Waals surface area (Å²) >= 11 is 0. The minimum absolute atomic E-state index is 0.139. The first kappa shape index (κ1) is 22.9. The SMILES string of the molecule is C=CC(=O)N1CCC2(CC(n3nc(-c4ccc(Oc5ccccc5)cc4)c4c(N)ncnc43)CC2=O)C1. The Bertz CT molecular complexity index is 1510. The second kappa shape index (κ2) is 8.85. The molecule has 0 radical (unpaired) electrons. The molecule has 2 aliphatic rings. The van der Waals surface area contributed by atoms with Crippen molar-refractivity contribution in [2.75, 3.05) is 18.8 Å². The van der Waals surface area contributed by atoms with E-state index in [0.717, 1.165) is 11.3 Å². The highest BCUT2D eigenvalue weighted by molar-refractivity contribution is 5.98. The summed E-state index contributed by atoms with van der Waals surface area (Å²) in [6.07, 6.45) is 4.30. The molecule has 3 heterocycles. The van der Waals surface area contributed by atoms with E-state index in [1.54, 1.807) is 4.90 Å². The number of ether oxygens (including phenoxy) is 1. The number of para-hydroxylation sites is 1. The number of aromatic nitrogens is 4. The first-order valence-electron chi connectivity index (χ1n) is 12.2. The summed E-state index contributed by atoms with van der Waals surface area (Å²) in [6, 6.07) is 17.0. The lowest BCUT2D eigenvalue weighted by Gasteiger charge is -2.22. The molecule has 2 unspecified atom stereocenters. The van der Waals surface area contributed by atoms with Gasteiger partial charge < -0.3 is 15.4 Å². The largest absolute Gasteiger partial charge is 0.457 e. The van der Waals surface area contributed by atoms with E-state index in [2.05, 4.69) is 16.5 Å². The van der Waals surface area contributed by atoms with Crippen LogP contribution in [0.3, 0.4) is 0 Å². The maximum absolute atomic E-state index is 13.2. The zero-order chi connectivity index (χ0) is 25.6. The maximum Gasteiger partial charge on any atom is 0.245 e. The van der Waals surface area contributed by atoms with Crippen molar-refractivity contribution in [2.45, 2.75) is 25.3 Å². The Morgan fingerprint density at radius 1 is 1.11 bits per heavy atom. The third-order valence-electron chi connectivity index (χ3n) is 7.45. The smallest absolute Gasteiger partial charge is 0.245 e. The lowest BCUT2D eigenvalue weighted by Crippen LogP contribution is -2.33. The van der Waals surface area contributed by atoms with Gasteiger partial charge in [0.05, 0.1) is 16.8 Å². The first-order chi connectivity index (χ1) is 18.0. The van der Waals surface area contributed by atoms with Gasteiger partial charge in [0.2, 0.25) is 5.91 Å². The average Bonchev–Trinajstić information content (AvgIpc) is 3.61. The first-order valence-corrected chi connectivity index (χ1v) is 12.2. The van der Waals surface area contributed by atoms with Gasteiger partial charge in [-0.2, -0.15) is 5.10 Å². The third-order valence-corrected chi connectivity index (χ3v) is 7.45. The molecule has 2 atom stereocenters. The molecule has 1 aliphatic carbocycles. The van der Waals surface area contributed by atoms with Crippen LogP contribution in [-0.2, 0) is 9.59 Å². The molecule has 1 aliphatic heterocycles. The zero-order valence-corrected chi connectivity index (χ0v) is 20.2. The lowest BCUT2D eigenvalue weighted by atomic mass is 9.84. The molecule has 9 heteroatoms. The van der Waals surface area contributed by atoms with E-state index in [9.17, 15) is 9.59 Å². The van der Waals surface area contributed by atoms with Gasteiger partial charge in [-0.25, -0.2) is 14.6 Å². The van der Waals surface area contributed by atoms with E-state index in [1.807, 2.05) is 59.3 Å². The van der Waals surface area contributed by atoms with Crippen molar-refractivity contribution in [1.82, 2.24) is 24.6 Å². The van der Waals surface area contributed by atoms with Gasteiger partial charge >= 0.3 is 0 Å². The topological polar surface area (TPSA) is 116 Å². The number of ketones is 1. The van der Waals surface area contributed by atoms with Crippen molar-refractivity contribution in [1.29, 1.82) is 0 Å². The number of nitrogens with zero attached hydrogens (tertiary/aromatic N) is 5. The molecule has 1 saturated carbocycles. The molecule has 1 spiro atoms. The molecule has 186 valence electrons. The molecular formula is C28H26N6O3. The Morgan fingerprint density at radius 2 is 1.86 bits per heavy atom. The maximum atomic E-state index is 13.2. The number of likely N-dealkylation sites (tertiary alicyclic amines) is 1. The predicted octanol–water partition coefficient (Wildman–Crippen LogP) is 4.18. The molecule has 2 N–H and O–H groups in total. The van der Waals surface area contributed by atoms with Gasteiger partial charge in [-0.1, -0.05) is 24.8 Å². The lowest BCUT2D eigenvalue weighted by molar-refractivity contribution is -0.127. The quantitative estimate of drug-likeness (QED) is 0.414. The molecule has 37 heavy (non-hydrogen) atoms. The van der Waals surface area contributed by atoms with Crippen LogP contribution in [0.15, 0.2) is 73.6 Å². The molecule has 6 rings (SSSR count). The van der Waals surface area contributed by atoms with Gasteiger partial charge in [0.15, 0.2) is 5.65 Å². The highest BCUT2D eigenvalue weighted by Crippen LogP contribution is 2.48. The van der Waals surface area contributed by atoms with Gasteiger partial charge in [-0.3, -0.25) is 9.59 Å². The fourth-order valence-corrected chi connectivity index (χ4v) is 5.58. The third kappa shape index (κ3) is 3.92. The van der Waals surface area contributed by atoms with Crippen LogP contribution in [0.25, 0.3) is 22.3 Å². The number of Topliss-reactive ketones (excluding diaryl/α,β-unsaturated/α-hetero) is 1. The fraction of sp³-hybridized carbons (Fsp3) is 0.250. The van der Waals surface area contributed by atoms with Crippen LogP contribution < -0.4 is 10.5 Å². The van der Waals surface area contributed by atoms with Gasteiger partial charge in [-0.15, -0.1) is 0 Å². The number of nitrogen functional groups attached to an aromatic ring is 1. The second-order valence-corrected chi connectivity index (χ2v) is 9.67. The van der Waals surface area contributed by atoms with E-state index in [0.29, 0.717) is 60.6 Å². The van der Waals surface area contributed by atoms with Crippen LogP contribution in [0, 0.1) is 5.41 Å². The van der Waals surface area contributed by atoms with E-state index in [1.165, 1.54) is 12.4 Å². The number of carbonyl (C=O) groups is 2. The van der Waals surface area contributed by atoms with Crippen LogP contribution in [0.2, 0.25) is 0 Å². The van der Waals surface area contributed by atoms with Crippen molar-refractivity contribution < 1.29 is 14.3 Å². The summed E-state index contributed by atoms with van der Waals surface area (Å²) in [5.41, 5.74) is 7.83. The Morgan fingerprint density at radius 3 is 2.62 bits per heavy atom. The molecule has 2 aromatic carbocycles. The number of rotatable bonds is 5. The van der Waals surface area contributed by atoms with Crippen molar-refractivity contribution in [3.63, 3.8) is 0 Å². The van der Waals surface area contributed by atoms with Gasteiger partial charge in [0, 0.05) is 25.1 Å². The summed E-state index contributed by atoms with van der Waals surface area (Å²) in [7, 11) is 0. The molecular weight excluding hydrogens is 468 g/mol. The normalized spacial score (nSPS) is 21.1. The molecule has 9 nitrogen and oxygen atoms in total. The van der Waals surface area contributed by atoms with Crippen molar-refractivity contribution >= 4 is 28.5 Å². The van der Waals surface area contributed by atoms with E-state index >= 15 is 0 Å². The van der Waals surface area contributed by atoms with Gasteiger partial charge in [0.25, 0.3) is 0 Å². The van der Waals surface area contributed by atoms with Crippen molar-refractivity contribution in [3.05, 3.63) is 73.6 Å². The summed E-state index contributed by atoms with van der Waals surface area (Å²) in [5, 5.41) is 5.57.